The van der Waals surface area contributed by atoms with Crippen molar-refractivity contribution >= 4 is 21.9 Å². The molecule has 0 aliphatic rings. The van der Waals surface area contributed by atoms with Crippen LogP contribution in [0.1, 0.15) is 24.2 Å². The van der Waals surface area contributed by atoms with Gasteiger partial charge in [0.15, 0.2) is 6.10 Å². The van der Waals surface area contributed by atoms with Crippen molar-refractivity contribution in [2.24, 2.45) is 0 Å². The highest BCUT2D eigenvalue weighted by Gasteiger charge is 2.26. The number of aliphatic hydroxyl groups is 2. The summed E-state index contributed by atoms with van der Waals surface area (Å²) in [5.41, 5.74) is 1.44. The van der Waals surface area contributed by atoms with Gasteiger partial charge in [-0.1, -0.05) is 40.2 Å². The van der Waals surface area contributed by atoms with Crippen LogP contribution in [0, 0.1) is 0 Å². The summed E-state index contributed by atoms with van der Waals surface area (Å²) >= 11 is 3.30. The monoisotopic (exact) mass is 302 g/mol. The number of esters is 1. The molecule has 0 aromatic heterocycles. The first-order chi connectivity index (χ1) is 8.10. The summed E-state index contributed by atoms with van der Waals surface area (Å²) < 4.78 is 4.64. The van der Waals surface area contributed by atoms with Gasteiger partial charge in [0.25, 0.3) is 0 Å². The number of hydrogen-bond donors (Lipinski definition) is 2. The molecule has 0 saturated carbocycles. The van der Waals surface area contributed by atoms with Crippen LogP contribution in [0.5, 0.6) is 0 Å². The van der Waals surface area contributed by atoms with E-state index in [2.05, 4.69) is 20.7 Å². The summed E-state index contributed by atoms with van der Waals surface area (Å²) in [5.74, 6) is -0.816. The first-order valence-electron chi connectivity index (χ1n) is 5.27. The summed E-state index contributed by atoms with van der Waals surface area (Å²) in [6.45, 7) is 1.81. The minimum atomic E-state index is -1.56. The predicted octanol–water partition coefficient (Wildman–Crippen LogP) is 1.54. The molecule has 1 aromatic rings. The number of ether oxygens (including phenoxy) is 1. The van der Waals surface area contributed by atoms with Crippen molar-refractivity contribution in [2.75, 3.05) is 6.61 Å². The van der Waals surface area contributed by atoms with Crippen molar-refractivity contribution in [3.05, 3.63) is 35.4 Å². The van der Waals surface area contributed by atoms with E-state index in [-0.39, 0.29) is 6.61 Å². The van der Waals surface area contributed by atoms with E-state index in [9.17, 15) is 15.0 Å². The average molecular weight is 303 g/mol. The molecule has 1 rings (SSSR count). The van der Waals surface area contributed by atoms with Gasteiger partial charge in [-0.15, -0.1) is 0 Å². The molecule has 5 heteroatoms. The molecule has 17 heavy (non-hydrogen) atoms. The molecule has 2 N–H and O–H groups in total. The second-order valence-corrected chi connectivity index (χ2v) is 4.08. The van der Waals surface area contributed by atoms with Gasteiger partial charge in [-0.3, -0.25) is 0 Å². The highest BCUT2D eigenvalue weighted by molar-refractivity contribution is 9.08. The van der Waals surface area contributed by atoms with E-state index in [1.807, 2.05) is 6.07 Å². The van der Waals surface area contributed by atoms with Gasteiger partial charge < -0.3 is 14.9 Å². The van der Waals surface area contributed by atoms with E-state index in [1.54, 1.807) is 25.1 Å². The van der Waals surface area contributed by atoms with Crippen LogP contribution in [0.2, 0.25) is 0 Å². The molecule has 0 spiro atoms. The third kappa shape index (κ3) is 3.80. The third-order valence-electron chi connectivity index (χ3n) is 2.27. The Morgan fingerprint density at radius 2 is 2.18 bits per heavy atom. The minimum absolute atomic E-state index is 0.171. The van der Waals surface area contributed by atoms with E-state index in [4.69, 9.17) is 0 Å². The molecule has 0 heterocycles. The lowest BCUT2D eigenvalue weighted by Crippen LogP contribution is -2.29. The fraction of sp³-hybridized carbons (Fsp3) is 0.417. The predicted molar refractivity (Wildman–Crippen MR) is 66.7 cm³/mol. The van der Waals surface area contributed by atoms with E-state index in [0.717, 1.165) is 5.56 Å². The standard InChI is InChI=1S/C12H15BrO4/c1-2-17-12(16)11(15)10(14)9-5-3-4-8(6-9)7-13/h3-6,10-11,14-15H,2,7H2,1H3. The zero-order valence-electron chi connectivity index (χ0n) is 9.47. The molecule has 1 aromatic carbocycles. The van der Waals surface area contributed by atoms with Gasteiger partial charge in [0, 0.05) is 5.33 Å². The van der Waals surface area contributed by atoms with Crippen LogP contribution in [-0.2, 0) is 14.9 Å². The Morgan fingerprint density at radius 3 is 2.76 bits per heavy atom. The molecule has 2 unspecified atom stereocenters. The van der Waals surface area contributed by atoms with Gasteiger partial charge in [0.05, 0.1) is 6.61 Å². The molecule has 0 saturated heterocycles. The smallest absolute Gasteiger partial charge is 0.338 e. The van der Waals surface area contributed by atoms with Gasteiger partial charge in [-0.05, 0) is 18.1 Å². The maximum Gasteiger partial charge on any atom is 0.338 e. The van der Waals surface area contributed by atoms with Crippen LogP contribution >= 0.6 is 15.9 Å². The van der Waals surface area contributed by atoms with Crippen molar-refractivity contribution in [1.29, 1.82) is 0 Å². The topological polar surface area (TPSA) is 66.8 Å². The lowest BCUT2D eigenvalue weighted by Gasteiger charge is -2.17. The Kier molecular flexibility index (Phi) is 5.61. The summed E-state index contributed by atoms with van der Waals surface area (Å²) in [5, 5.41) is 20.1. The van der Waals surface area contributed by atoms with Gasteiger partial charge in [0.2, 0.25) is 0 Å². The van der Waals surface area contributed by atoms with Crippen LogP contribution in [0.4, 0.5) is 0 Å². The van der Waals surface area contributed by atoms with Crippen molar-refractivity contribution < 1.29 is 19.7 Å². The summed E-state index contributed by atoms with van der Waals surface area (Å²) in [6.07, 6.45) is -2.83. The van der Waals surface area contributed by atoms with E-state index in [0.29, 0.717) is 10.9 Å². The van der Waals surface area contributed by atoms with Crippen LogP contribution in [0.25, 0.3) is 0 Å². The third-order valence-corrected chi connectivity index (χ3v) is 2.92. The van der Waals surface area contributed by atoms with E-state index in [1.165, 1.54) is 0 Å². The molecule has 0 aliphatic heterocycles. The summed E-state index contributed by atoms with van der Waals surface area (Å²) in [4.78, 5) is 11.3. The van der Waals surface area contributed by atoms with Gasteiger partial charge in [-0.2, -0.15) is 0 Å². The van der Waals surface area contributed by atoms with Gasteiger partial charge >= 0.3 is 5.97 Å². The van der Waals surface area contributed by atoms with Gasteiger partial charge in [-0.25, -0.2) is 4.79 Å². The van der Waals surface area contributed by atoms with E-state index >= 15 is 0 Å². The maximum atomic E-state index is 11.3. The number of hydrogen-bond acceptors (Lipinski definition) is 4. The Morgan fingerprint density at radius 1 is 1.47 bits per heavy atom. The number of rotatable bonds is 5. The average Bonchev–Trinajstić information content (AvgIpc) is 2.37. The summed E-state index contributed by atoms with van der Waals surface area (Å²) in [6, 6.07) is 7.01. The number of halogens is 1. The molecule has 0 amide bonds. The molecule has 4 nitrogen and oxygen atoms in total. The maximum absolute atomic E-state index is 11.3. The van der Waals surface area contributed by atoms with Crippen LogP contribution in [0.15, 0.2) is 24.3 Å². The van der Waals surface area contributed by atoms with Crippen molar-refractivity contribution in [3.8, 4) is 0 Å². The number of carbonyl (C=O) groups excluding carboxylic acids is 1. The molecular weight excluding hydrogens is 288 g/mol. The quantitative estimate of drug-likeness (QED) is 0.639. The SMILES string of the molecule is CCOC(=O)C(O)C(O)c1cccc(CBr)c1. The molecule has 2 atom stereocenters. The van der Waals surface area contributed by atoms with Crippen LogP contribution in [-0.4, -0.2) is 28.9 Å². The molecule has 0 aliphatic carbocycles. The Labute approximate surface area is 108 Å². The summed E-state index contributed by atoms with van der Waals surface area (Å²) in [7, 11) is 0. The Bertz CT molecular complexity index is 381. The molecule has 0 bridgehead atoms. The first-order valence-corrected chi connectivity index (χ1v) is 6.39. The highest BCUT2D eigenvalue weighted by atomic mass is 79.9. The second-order valence-electron chi connectivity index (χ2n) is 3.52. The van der Waals surface area contributed by atoms with Crippen molar-refractivity contribution in [1.82, 2.24) is 0 Å². The van der Waals surface area contributed by atoms with E-state index < -0.39 is 18.2 Å². The van der Waals surface area contributed by atoms with Crippen LogP contribution in [0.3, 0.4) is 0 Å². The van der Waals surface area contributed by atoms with Crippen molar-refractivity contribution in [2.45, 2.75) is 24.5 Å². The molecular formula is C12H15BrO4. The zero-order valence-corrected chi connectivity index (χ0v) is 11.1. The highest BCUT2D eigenvalue weighted by Crippen LogP contribution is 2.20. The molecule has 0 radical (unpaired) electrons. The Balaban J connectivity index is 2.80. The van der Waals surface area contributed by atoms with Crippen LogP contribution < -0.4 is 0 Å². The normalized spacial score (nSPS) is 14.1. The lowest BCUT2D eigenvalue weighted by atomic mass is 10.0. The number of aliphatic hydroxyl groups excluding tert-OH is 2. The van der Waals surface area contributed by atoms with Gasteiger partial charge in [0.1, 0.15) is 6.10 Å². The number of benzene rings is 1. The largest absolute Gasteiger partial charge is 0.464 e. The minimum Gasteiger partial charge on any atom is -0.464 e. The molecule has 94 valence electrons. The zero-order chi connectivity index (χ0) is 12.8. The fourth-order valence-corrected chi connectivity index (χ4v) is 1.75. The fourth-order valence-electron chi connectivity index (χ4n) is 1.40. The molecule has 0 fully saturated rings. The van der Waals surface area contributed by atoms with Crippen molar-refractivity contribution in [3.63, 3.8) is 0 Å². The second kappa shape index (κ2) is 6.74. The number of carbonyl (C=O) groups is 1. The lowest BCUT2D eigenvalue weighted by molar-refractivity contribution is -0.159. The first kappa shape index (κ1) is 14.2. The number of alkyl halides is 1. The Hall–Kier alpha value is -0.910.